The fourth-order valence-corrected chi connectivity index (χ4v) is 7.08. The van der Waals surface area contributed by atoms with Gasteiger partial charge in [-0.3, -0.25) is 19.2 Å². The Morgan fingerprint density at radius 3 is 2.24 bits per heavy atom. The second-order valence-electron chi connectivity index (χ2n) is 12.5. The smallest absolute Gasteiger partial charge is 0.326 e. The third kappa shape index (κ3) is 8.56. The van der Waals surface area contributed by atoms with Gasteiger partial charge in [0.1, 0.15) is 29.9 Å². The number of rotatable bonds is 6. The average Bonchev–Trinajstić information content (AvgIpc) is 3.83. The fraction of sp³-hybridized carbons (Fsp3) is 0.289. The molecule has 1 aromatic heterocycles. The van der Waals surface area contributed by atoms with Gasteiger partial charge in [-0.15, -0.1) is 11.3 Å². The van der Waals surface area contributed by atoms with Crippen LogP contribution in [0.3, 0.4) is 0 Å². The minimum Gasteiger partial charge on any atom is -0.484 e. The molecule has 11 nitrogen and oxygen atoms in total. The molecule has 3 aliphatic rings. The zero-order valence-corrected chi connectivity index (χ0v) is 28.1. The number of amides is 4. The molecule has 4 aromatic rings. The first kappa shape index (κ1) is 34.4. The van der Waals surface area contributed by atoms with Crippen LogP contribution in [0.25, 0.3) is 11.1 Å². The number of thiophene rings is 1. The number of carboxylic acids is 1. The highest BCUT2D eigenvalue weighted by molar-refractivity contribution is 7.09. The van der Waals surface area contributed by atoms with Gasteiger partial charge in [-0.05, 0) is 58.7 Å². The molecular formula is C38H38N4O7S. The molecule has 0 aliphatic carbocycles. The standard InChI is InChI=1S/C38H38N4O7S/c43-34-23-49-28-16-12-25(13-17-28)21-32(38(47)48)41-36(45)33-9-4-18-42(33)37(46)31(40-35(44)30(39-34)22-29-8-5-19-50-29)20-24-10-14-27(15-11-24)26-6-2-1-3-7-26/h1-3,5-8,10-17,19,30-33H,4,9,18,20-23H2,(H,39,43)(H,40,44)(H,41,45)(H,47,48)/t30-,31+,32-,33-/m0/s1. The van der Waals surface area contributed by atoms with E-state index in [1.54, 1.807) is 24.3 Å². The minimum atomic E-state index is -1.24. The molecule has 7 rings (SSSR count). The molecule has 0 saturated carbocycles. The molecule has 12 heteroatoms. The van der Waals surface area contributed by atoms with Crippen molar-refractivity contribution in [3.63, 3.8) is 0 Å². The summed E-state index contributed by atoms with van der Waals surface area (Å²) < 4.78 is 5.67. The molecule has 2 bridgehead atoms. The van der Waals surface area contributed by atoms with Crippen molar-refractivity contribution in [2.75, 3.05) is 13.2 Å². The number of fused-ring (bicyclic) bond motifs is 13. The van der Waals surface area contributed by atoms with Crippen LogP contribution in [0, 0.1) is 0 Å². The van der Waals surface area contributed by atoms with Gasteiger partial charge in [0, 0.05) is 30.7 Å². The maximum atomic E-state index is 14.3. The van der Waals surface area contributed by atoms with Crippen LogP contribution in [-0.2, 0) is 43.2 Å². The number of hydrogen-bond donors (Lipinski definition) is 4. The summed E-state index contributed by atoms with van der Waals surface area (Å²) in [4.78, 5) is 69.5. The summed E-state index contributed by atoms with van der Waals surface area (Å²) in [6, 6.07) is 23.6. The SMILES string of the molecule is O=C1COc2ccc(cc2)C[C@@H](C(=O)O)NC(=O)[C@@H]2CCCN2C(=O)[C@@H](Cc2ccc(-c3ccccc3)cc2)NC(=O)[C@H](Cc2cccs2)N1. The van der Waals surface area contributed by atoms with Gasteiger partial charge in [0.25, 0.3) is 5.91 Å². The first-order valence-corrected chi connectivity index (χ1v) is 17.4. The van der Waals surface area contributed by atoms with Crippen LogP contribution in [0.5, 0.6) is 5.75 Å². The maximum absolute atomic E-state index is 14.3. The monoisotopic (exact) mass is 694 g/mol. The molecule has 4 amide bonds. The molecule has 1 saturated heterocycles. The van der Waals surface area contributed by atoms with Crippen LogP contribution in [0.2, 0.25) is 0 Å². The van der Waals surface area contributed by atoms with E-state index >= 15 is 0 Å². The molecule has 3 aromatic carbocycles. The number of carboxylic acid groups (broad SMARTS) is 1. The van der Waals surface area contributed by atoms with Crippen LogP contribution in [0.1, 0.15) is 28.8 Å². The predicted molar refractivity (Wildman–Crippen MR) is 187 cm³/mol. The summed E-state index contributed by atoms with van der Waals surface area (Å²) in [6.07, 6.45) is 1.21. The molecule has 50 heavy (non-hydrogen) atoms. The number of benzene rings is 3. The highest BCUT2D eigenvalue weighted by Crippen LogP contribution is 2.23. The van der Waals surface area contributed by atoms with E-state index in [4.69, 9.17) is 4.74 Å². The van der Waals surface area contributed by atoms with Crippen molar-refractivity contribution in [3.8, 4) is 16.9 Å². The minimum absolute atomic E-state index is 0.00453. The lowest BCUT2D eigenvalue weighted by Crippen LogP contribution is -2.58. The van der Waals surface area contributed by atoms with E-state index in [0.717, 1.165) is 21.6 Å². The van der Waals surface area contributed by atoms with E-state index in [1.165, 1.54) is 16.2 Å². The summed E-state index contributed by atoms with van der Waals surface area (Å²) in [7, 11) is 0. The summed E-state index contributed by atoms with van der Waals surface area (Å²) >= 11 is 1.45. The summed E-state index contributed by atoms with van der Waals surface area (Å²) in [5.74, 6) is -2.95. The number of carbonyl (C=O) groups excluding carboxylic acids is 4. The third-order valence-electron chi connectivity index (χ3n) is 8.94. The van der Waals surface area contributed by atoms with Crippen LogP contribution in [-0.4, -0.2) is 76.9 Å². The van der Waals surface area contributed by atoms with E-state index in [1.807, 2.05) is 72.1 Å². The quantitative estimate of drug-likeness (QED) is 0.226. The summed E-state index contributed by atoms with van der Waals surface area (Å²) in [5, 5.41) is 20.2. The third-order valence-corrected chi connectivity index (χ3v) is 9.84. The molecule has 1 fully saturated rings. The van der Waals surface area contributed by atoms with Crippen molar-refractivity contribution in [1.82, 2.24) is 20.9 Å². The van der Waals surface area contributed by atoms with E-state index < -0.39 is 53.8 Å². The number of hydrogen-bond acceptors (Lipinski definition) is 7. The zero-order valence-electron chi connectivity index (χ0n) is 27.2. The van der Waals surface area contributed by atoms with E-state index in [9.17, 15) is 29.1 Å². The van der Waals surface area contributed by atoms with Crippen LogP contribution >= 0.6 is 11.3 Å². The number of ether oxygens (including phenoxy) is 1. The molecule has 4 heterocycles. The van der Waals surface area contributed by atoms with E-state index in [2.05, 4.69) is 16.0 Å². The van der Waals surface area contributed by atoms with E-state index in [-0.39, 0.29) is 32.4 Å². The highest BCUT2D eigenvalue weighted by atomic mass is 32.1. The Bertz CT molecular complexity index is 1810. The Morgan fingerprint density at radius 2 is 1.54 bits per heavy atom. The van der Waals surface area contributed by atoms with Crippen molar-refractivity contribution in [2.24, 2.45) is 0 Å². The maximum Gasteiger partial charge on any atom is 0.326 e. The van der Waals surface area contributed by atoms with Gasteiger partial charge in [0.2, 0.25) is 17.7 Å². The Labute approximate surface area is 293 Å². The van der Waals surface area contributed by atoms with Crippen molar-refractivity contribution in [2.45, 2.75) is 56.3 Å². The predicted octanol–water partition coefficient (Wildman–Crippen LogP) is 3.37. The number of nitrogens with zero attached hydrogens (tertiary/aromatic N) is 1. The van der Waals surface area contributed by atoms with Crippen molar-refractivity contribution >= 4 is 40.9 Å². The first-order chi connectivity index (χ1) is 24.2. The average molecular weight is 695 g/mol. The lowest BCUT2D eigenvalue weighted by atomic mass is 9.99. The van der Waals surface area contributed by atoms with Crippen LogP contribution in [0.4, 0.5) is 0 Å². The lowest BCUT2D eigenvalue weighted by molar-refractivity contribution is -0.145. The fourth-order valence-electron chi connectivity index (χ4n) is 6.32. The molecule has 4 atom stereocenters. The lowest BCUT2D eigenvalue weighted by Gasteiger charge is -2.30. The Hall–Kier alpha value is -5.49. The van der Waals surface area contributed by atoms with Gasteiger partial charge >= 0.3 is 5.97 Å². The number of carbonyl (C=O) groups is 5. The van der Waals surface area contributed by atoms with Gasteiger partial charge < -0.3 is 30.7 Å². The molecule has 3 aliphatic heterocycles. The normalized spacial score (nSPS) is 21.9. The Morgan fingerprint density at radius 1 is 0.800 bits per heavy atom. The number of aliphatic carboxylic acids is 1. The molecule has 0 spiro atoms. The van der Waals surface area contributed by atoms with Gasteiger partial charge in [-0.1, -0.05) is 72.8 Å². The van der Waals surface area contributed by atoms with Gasteiger partial charge in [-0.25, -0.2) is 4.79 Å². The molecule has 0 radical (unpaired) electrons. The largest absolute Gasteiger partial charge is 0.484 e. The van der Waals surface area contributed by atoms with Crippen molar-refractivity contribution < 1.29 is 33.8 Å². The van der Waals surface area contributed by atoms with Crippen molar-refractivity contribution in [1.29, 1.82) is 0 Å². The topological polar surface area (TPSA) is 154 Å². The highest BCUT2D eigenvalue weighted by Gasteiger charge is 2.39. The first-order valence-electron chi connectivity index (χ1n) is 16.6. The van der Waals surface area contributed by atoms with Gasteiger partial charge in [-0.2, -0.15) is 0 Å². The van der Waals surface area contributed by atoms with Gasteiger partial charge in [0.05, 0.1) is 0 Å². The molecule has 4 N–H and O–H groups in total. The van der Waals surface area contributed by atoms with Gasteiger partial charge in [0.15, 0.2) is 6.61 Å². The Balaban J connectivity index is 1.31. The Kier molecular flexibility index (Phi) is 10.9. The van der Waals surface area contributed by atoms with Crippen molar-refractivity contribution in [3.05, 3.63) is 112 Å². The zero-order chi connectivity index (χ0) is 35.0. The second kappa shape index (κ2) is 15.8. The van der Waals surface area contributed by atoms with Crippen LogP contribution < -0.4 is 20.7 Å². The molecule has 258 valence electrons. The molecule has 0 unspecified atom stereocenters. The summed E-state index contributed by atoms with van der Waals surface area (Å²) in [5.41, 5.74) is 3.44. The molecular weight excluding hydrogens is 657 g/mol. The van der Waals surface area contributed by atoms with E-state index in [0.29, 0.717) is 24.2 Å². The second-order valence-corrected chi connectivity index (χ2v) is 13.5. The van der Waals surface area contributed by atoms with Crippen LogP contribution in [0.15, 0.2) is 96.4 Å². The number of nitrogens with one attached hydrogen (secondary N) is 3. The summed E-state index contributed by atoms with van der Waals surface area (Å²) in [6.45, 7) is -0.102.